The quantitative estimate of drug-likeness (QED) is 0.523. The van der Waals surface area contributed by atoms with Crippen molar-refractivity contribution in [3.05, 3.63) is 0 Å². The predicted molar refractivity (Wildman–Crippen MR) is 42.3 cm³/mol. The maximum Gasteiger partial charge on any atom is 0.323 e. The fourth-order valence-corrected chi connectivity index (χ4v) is 1.53. The number of hydrogen-bond donors (Lipinski definition) is 0. The number of carbonyl (C=O) groups is 1. The molecule has 0 aliphatic carbocycles. The molecule has 0 aromatic carbocycles. The standard InChI is InChI=1S/C8H15NO2/c1-6-4-5-7(9(6)2)8(10)11-3/h6-7H,4-5H2,1-3H3. The first kappa shape index (κ1) is 8.53. The summed E-state index contributed by atoms with van der Waals surface area (Å²) in [5.74, 6) is -0.100. The molecular formula is C8H15NO2. The number of carbonyl (C=O) groups excluding carboxylic acids is 1. The zero-order valence-electron chi connectivity index (χ0n) is 7.33. The van der Waals surface area contributed by atoms with Crippen molar-refractivity contribution in [2.45, 2.75) is 31.8 Å². The lowest BCUT2D eigenvalue weighted by Crippen LogP contribution is -2.36. The molecule has 0 saturated carbocycles. The lowest BCUT2D eigenvalue weighted by Gasteiger charge is -2.20. The number of nitrogens with zero attached hydrogens (tertiary/aromatic N) is 1. The third-order valence-electron chi connectivity index (χ3n) is 2.52. The van der Waals surface area contributed by atoms with Crippen molar-refractivity contribution in [3.8, 4) is 0 Å². The monoisotopic (exact) mass is 157 g/mol. The van der Waals surface area contributed by atoms with E-state index in [0.717, 1.165) is 12.8 Å². The summed E-state index contributed by atoms with van der Waals surface area (Å²) in [6, 6.07) is 0.508. The first-order valence-corrected chi connectivity index (χ1v) is 3.96. The molecule has 3 heteroatoms. The summed E-state index contributed by atoms with van der Waals surface area (Å²) >= 11 is 0. The van der Waals surface area contributed by atoms with E-state index in [0.29, 0.717) is 6.04 Å². The Morgan fingerprint density at radius 3 is 2.55 bits per heavy atom. The predicted octanol–water partition coefficient (Wildman–Crippen LogP) is 0.642. The Morgan fingerprint density at radius 2 is 2.18 bits per heavy atom. The molecule has 1 fully saturated rings. The molecule has 2 atom stereocenters. The van der Waals surface area contributed by atoms with Crippen molar-refractivity contribution in [1.29, 1.82) is 0 Å². The van der Waals surface area contributed by atoms with Crippen molar-refractivity contribution in [2.75, 3.05) is 14.2 Å². The maximum atomic E-state index is 11.1. The second-order valence-corrected chi connectivity index (χ2v) is 3.13. The first-order chi connectivity index (χ1) is 5.16. The number of ether oxygens (including phenoxy) is 1. The van der Waals surface area contributed by atoms with Crippen LogP contribution < -0.4 is 0 Å². The van der Waals surface area contributed by atoms with E-state index in [-0.39, 0.29) is 12.0 Å². The van der Waals surface area contributed by atoms with Crippen LogP contribution in [0, 0.1) is 0 Å². The summed E-state index contributed by atoms with van der Waals surface area (Å²) in [6.45, 7) is 2.13. The molecule has 11 heavy (non-hydrogen) atoms. The molecule has 0 aromatic rings. The van der Waals surface area contributed by atoms with E-state index in [2.05, 4.69) is 16.6 Å². The fourth-order valence-electron chi connectivity index (χ4n) is 1.53. The summed E-state index contributed by atoms with van der Waals surface area (Å²) in [4.78, 5) is 13.2. The van der Waals surface area contributed by atoms with Crippen molar-refractivity contribution in [1.82, 2.24) is 4.90 Å². The summed E-state index contributed by atoms with van der Waals surface area (Å²) in [5, 5.41) is 0. The summed E-state index contributed by atoms with van der Waals surface area (Å²) in [5.41, 5.74) is 0. The van der Waals surface area contributed by atoms with Gasteiger partial charge in [-0.05, 0) is 26.8 Å². The van der Waals surface area contributed by atoms with Gasteiger partial charge < -0.3 is 4.74 Å². The van der Waals surface area contributed by atoms with Gasteiger partial charge in [-0.1, -0.05) is 0 Å². The highest BCUT2D eigenvalue weighted by Crippen LogP contribution is 2.22. The van der Waals surface area contributed by atoms with Gasteiger partial charge >= 0.3 is 5.97 Å². The van der Waals surface area contributed by atoms with E-state index in [1.54, 1.807) is 0 Å². The van der Waals surface area contributed by atoms with Gasteiger partial charge in [0, 0.05) is 6.04 Å². The first-order valence-electron chi connectivity index (χ1n) is 3.96. The molecule has 2 unspecified atom stereocenters. The molecular weight excluding hydrogens is 142 g/mol. The largest absolute Gasteiger partial charge is 0.468 e. The highest BCUT2D eigenvalue weighted by molar-refractivity contribution is 5.76. The molecule has 0 aromatic heterocycles. The van der Waals surface area contributed by atoms with Gasteiger partial charge in [0.05, 0.1) is 7.11 Å². The molecule has 1 aliphatic heterocycles. The Bertz CT molecular complexity index is 158. The second kappa shape index (κ2) is 3.22. The third kappa shape index (κ3) is 1.53. The average molecular weight is 157 g/mol. The number of hydrogen-bond acceptors (Lipinski definition) is 3. The molecule has 1 aliphatic rings. The van der Waals surface area contributed by atoms with Crippen LogP contribution >= 0.6 is 0 Å². The van der Waals surface area contributed by atoms with Gasteiger partial charge in [0.2, 0.25) is 0 Å². The van der Waals surface area contributed by atoms with Crippen molar-refractivity contribution in [3.63, 3.8) is 0 Å². The van der Waals surface area contributed by atoms with E-state index in [9.17, 15) is 4.79 Å². The summed E-state index contributed by atoms with van der Waals surface area (Å²) < 4.78 is 4.67. The Labute approximate surface area is 67.3 Å². The minimum absolute atomic E-state index is 0.00463. The molecule has 0 amide bonds. The van der Waals surface area contributed by atoms with Gasteiger partial charge in [-0.25, -0.2) is 0 Å². The number of esters is 1. The molecule has 3 nitrogen and oxygen atoms in total. The zero-order valence-corrected chi connectivity index (χ0v) is 7.33. The zero-order chi connectivity index (χ0) is 8.43. The van der Waals surface area contributed by atoms with Crippen molar-refractivity contribution < 1.29 is 9.53 Å². The molecule has 0 bridgehead atoms. The Hall–Kier alpha value is -0.570. The molecule has 1 saturated heterocycles. The molecule has 0 spiro atoms. The van der Waals surface area contributed by atoms with Crippen LogP contribution in [0.15, 0.2) is 0 Å². The number of likely N-dealkylation sites (N-methyl/N-ethyl adjacent to an activating group) is 1. The van der Waals surface area contributed by atoms with E-state index < -0.39 is 0 Å². The normalized spacial score (nSPS) is 32.3. The Morgan fingerprint density at radius 1 is 1.55 bits per heavy atom. The summed E-state index contributed by atoms with van der Waals surface area (Å²) in [6.07, 6.45) is 2.03. The lowest BCUT2D eigenvalue weighted by molar-refractivity contribution is -0.145. The number of rotatable bonds is 1. The van der Waals surface area contributed by atoms with Crippen LogP contribution in [0.4, 0.5) is 0 Å². The Balaban J connectivity index is 2.54. The van der Waals surface area contributed by atoms with Gasteiger partial charge in [0.15, 0.2) is 0 Å². The van der Waals surface area contributed by atoms with Gasteiger partial charge in [0.1, 0.15) is 6.04 Å². The fraction of sp³-hybridized carbons (Fsp3) is 0.875. The maximum absolute atomic E-state index is 11.1. The van der Waals surface area contributed by atoms with Crippen LogP contribution in [-0.2, 0) is 9.53 Å². The summed E-state index contributed by atoms with van der Waals surface area (Å²) in [7, 11) is 3.42. The van der Waals surface area contributed by atoms with Crippen LogP contribution in [0.5, 0.6) is 0 Å². The van der Waals surface area contributed by atoms with E-state index in [4.69, 9.17) is 0 Å². The van der Waals surface area contributed by atoms with Crippen molar-refractivity contribution >= 4 is 5.97 Å². The van der Waals surface area contributed by atoms with E-state index >= 15 is 0 Å². The van der Waals surface area contributed by atoms with Gasteiger partial charge in [-0.2, -0.15) is 0 Å². The Kier molecular flexibility index (Phi) is 2.49. The topological polar surface area (TPSA) is 29.5 Å². The van der Waals surface area contributed by atoms with Crippen LogP contribution in [0.3, 0.4) is 0 Å². The molecule has 1 heterocycles. The minimum Gasteiger partial charge on any atom is -0.468 e. The van der Waals surface area contributed by atoms with E-state index in [1.165, 1.54) is 7.11 Å². The third-order valence-corrected chi connectivity index (χ3v) is 2.52. The lowest BCUT2D eigenvalue weighted by atomic mass is 10.2. The van der Waals surface area contributed by atoms with Gasteiger partial charge in [0.25, 0.3) is 0 Å². The number of methoxy groups -OCH3 is 1. The number of likely N-dealkylation sites (tertiary alicyclic amines) is 1. The smallest absolute Gasteiger partial charge is 0.323 e. The van der Waals surface area contributed by atoms with Crippen molar-refractivity contribution in [2.24, 2.45) is 0 Å². The van der Waals surface area contributed by atoms with Gasteiger partial charge in [-0.15, -0.1) is 0 Å². The van der Waals surface area contributed by atoms with Crippen LogP contribution in [0.1, 0.15) is 19.8 Å². The molecule has 0 radical (unpaired) electrons. The highest BCUT2D eigenvalue weighted by Gasteiger charge is 2.33. The second-order valence-electron chi connectivity index (χ2n) is 3.13. The van der Waals surface area contributed by atoms with Crippen LogP contribution in [0.25, 0.3) is 0 Å². The highest BCUT2D eigenvalue weighted by atomic mass is 16.5. The average Bonchev–Trinajstić information content (AvgIpc) is 2.32. The van der Waals surface area contributed by atoms with Gasteiger partial charge in [-0.3, -0.25) is 9.69 Å². The minimum atomic E-state index is -0.100. The molecule has 1 rings (SSSR count). The van der Waals surface area contributed by atoms with Crippen LogP contribution in [-0.4, -0.2) is 37.1 Å². The van der Waals surface area contributed by atoms with Crippen LogP contribution in [0.2, 0.25) is 0 Å². The molecule has 64 valence electrons. The SMILES string of the molecule is COC(=O)C1CCC(C)N1C. The molecule has 0 N–H and O–H groups in total. The van der Waals surface area contributed by atoms with E-state index in [1.807, 2.05) is 7.05 Å².